The van der Waals surface area contributed by atoms with E-state index in [1.165, 1.54) is 6.07 Å². The van der Waals surface area contributed by atoms with Gasteiger partial charge in [-0.3, -0.25) is 0 Å². The van der Waals surface area contributed by atoms with Crippen LogP contribution in [0, 0.1) is 0 Å². The molecule has 106 valence electrons. The topological polar surface area (TPSA) is 135 Å². The van der Waals surface area contributed by atoms with E-state index in [-0.39, 0.29) is 23.6 Å². The van der Waals surface area contributed by atoms with Gasteiger partial charge in [0, 0.05) is 19.2 Å². The van der Waals surface area contributed by atoms with Gasteiger partial charge in [-0.05, 0) is 12.1 Å². The normalized spacial score (nSPS) is 11.4. The summed E-state index contributed by atoms with van der Waals surface area (Å²) in [5, 5.41) is 12.0. The summed E-state index contributed by atoms with van der Waals surface area (Å²) in [6.45, 7) is 0.0736. The van der Waals surface area contributed by atoms with Gasteiger partial charge in [0.25, 0.3) is 10.0 Å². The van der Waals surface area contributed by atoms with Crippen molar-refractivity contribution in [2.45, 2.75) is 11.4 Å². The average molecular weight is 298 g/mol. The van der Waals surface area contributed by atoms with Crippen molar-refractivity contribution in [1.29, 1.82) is 0 Å². The molecule has 2 N–H and O–H groups in total. The highest BCUT2D eigenvalue weighted by Gasteiger charge is 2.16. The summed E-state index contributed by atoms with van der Waals surface area (Å²) < 4.78 is 30.5. The molecule has 0 radical (unpaired) electrons. The molecule has 0 aliphatic rings. The summed E-state index contributed by atoms with van der Waals surface area (Å²) in [5.74, 6) is -0.798. The molecule has 2 heterocycles. The molecule has 0 aromatic carbocycles. The Bertz CT molecular complexity index is 681. The first-order valence-corrected chi connectivity index (χ1v) is 6.91. The predicted octanol–water partition coefficient (Wildman–Crippen LogP) is -0.316. The first kappa shape index (κ1) is 14.1. The minimum absolute atomic E-state index is 0.0736. The third kappa shape index (κ3) is 3.36. The fourth-order valence-corrected chi connectivity index (χ4v) is 2.30. The minimum atomic E-state index is -3.80. The van der Waals surface area contributed by atoms with Crippen LogP contribution in [0.4, 0.5) is 0 Å². The van der Waals surface area contributed by atoms with E-state index in [1.54, 1.807) is 0 Å². The molecule has 0 saturated heterocycles. The van der Waals surface area contributed by atoms with Crippen molar-refractivity contribution in [1.82, 2.24) is 19.8 Å². The van der Waals surface area contributed by atoms with Gasteiger partial charge in [0.2, 0.25) is 6.39 Å². The number of carboxylic acids is 1. The molecule has 0 bridgehead atoms. The molecule has 2 aromatic rings. The quantitative estimate of drug-likeness (QED) is 0.740. The van der Waals surface area contributed by atoms with E-state index in [9.17, 15) is 13.2 Å². The highest BCUT2D eigenvalue weighted by Crippen LogP contribution is 2.06. The van der Waals surface area contributed by atoms with Gasteiger partial charge in [-0.25, -0.2) is 22.9 Å². The molecular weight excluding hydrogens is 288 g/mol. The van der Waals surface area contributed by atoms with Crippen LogP contribution in [0.15, 0.2) is 34.3 Å². The third-order valence-electron chi connectivity index (χ3n) is 2.31. The molecule has 0 saturated carbocycles. The molecule has 0 fully saturated rings. The maximum Gasteiger partial charge on any atom is 0.337 e. The van der Waals surface area contributed by atoms with Gasteiger partial charge in [0.1, 0.15) is 0 Å². The number of carbonyl (C=O) groups is 1. The number of nitrogens with zero attached hydrogens (tertiary/aromatic N) is 3. The smallest absolute Gasteiger partial charge is 0.337 e. The fourth-order valence-electron chi connectivity index (χ4n) is 1.34. The zero-order valence-electron chi connectivity index (χ0n) is 10.1. The Morgan fingerprint density at radius 1 is 1.35 bits per heavy atom. The number of rotatable bonds is 6. The predicted molar refractivity (Wildman–Crippen MR) is 64.4 cm³/mol. The first-order valence-electron chi connectivity index (χ1n) is 5.43. The van der Waals surface area contributed by atoms with Crippen LogP contribution in [0.1, 0.15) is 16.2 Å². The molecule has 0 amide bonds. The number of carboxylic acid groups (broad SMARTS) is 1. The zero-order valence-corrected chi connectivity index (χ0v) is 10.9. The van der Waals surface area contributed by atoms with Crippen LogP contribution in [0.5, 0.6) is 0 Å². The lowest BCUT2D eigenvalue weighted by Crippen LogP contribution is -2.27. The monoisotopic (exact) mass is 298 g/mol. The zero-order chi connectivity index (χ0) is 14.6. The minimum Gasteiger partial charge on any atom is -0.478 e. The van der Waals surface area contributed by atoms with Crippen molar-refractivity contribution in [2.75, 3.05) is 6.54 Å². The van der Waals surface area contributed by atoms with E-state index in [0.29, 0.717) is 5.82 Å². The van der Waals surface area contributed by atoms with Crippen molar-refractivity contribution >= 4 is 16.0 Å². The highest BCUT2D eigenvalue weighted by molar-refractivity contribution is 7.89. The second-order valence-electron chi connectivity index (χ2n) is 3.69. The first-order chi connectivity index (χ1) is 9.49. The molecule has 20 heavy (non-hydrogen) atoms. The molecule has 0 spiro atoms. The summed E-state index contributed by atoms with van der Waals surface area (Å²) >= 11 is 0. The van der Waals surface area contributed by atoms with Crippen molar-refractivity contribution in [3.8, 4) is 0 Å². The van der Waals surface area contributed by atoms with Crippen LogP contribution in [-0.4, -0.2) is 41.2 Å². The Hall–Kier alpha value is -2.33. The summed E-state index contributed by atoms with van der Waals surface area (Å²) in [5.41, 5.74) is -0.0873. The molecule has 0 aliphatic carbocycles. The SMILES string of the molecule is O=C(O)c1ccc(S(=O)(=O)NCCc2ncon2)nc1. The number of hydrogen-bond donors (Lipinski definition) is 2. The second-order valence-corrected chi connectivity index (χ2v) is 5.40. The summed E-state index contributed by atoms with van der Waals surface area (Å²) in [7, 11) is -3.80. The van der Waals surface area contributed by atoms with Gasteiger partial charge in [-0.2, -0.15) is 4.98 Å². The molecule has 0 unspecified atom stereocenters. The lowest BCUT2D eigenvalue weighted by atomic mass is 10.3. The van der Waals surface area contributed by atoms with Crippen LogP contribution in [0.3, 0.4) is 0 Å². The Morgan fingerprint density at radius 2 is 2.15 bits per heavy atom. The molecule has 9 nitrogen and oxygen atoms in total. The molecular formula is C10H10N4O5S. The molecule has 0 aliphatic heterocycles. The Labute approximate surface area is 113 Å². The van der Waals surface area contributed by atoms with E-state index in [4.69, 9.17) is 5.11 Å². The van der Waals surface area contributed by atoms with Crippen molar-refractivity contribution < 1.29 is 22.8 Å². The van der Waals surface area contributed by atoms with Gasteiger partial charge in [0.15, 0.2) is 10.9 Å². The molecule has 2 rings (SSSR count). The van der Waals surface area contributed by atoms with Gasteiger partial charge < -0.3 is 9.63 Å². The highest BCUT2D eigenvalue weighted by atomic mass is 32.2. The lowest BCUT2D eigenvalue weighted by molar-refractivity contribution is 0.0696. The van der Waals surface area contributed by atoms with E-state index < -0.39 is 16.0 Å². The molecule has 2 aromatic heterocycles. The van der Waals surface area contributed by atoms with E-state index in [1.807, 2.05) is 0 Å². The summed E-state index contributed by atoms with van der Waals surface area (Å²) in [6.07, 6.45) is 2.40. The Kier molecular flexibility index (Phi) is 4.05. The summed E-state index contributed by atoms with van der Waals surface area (Å²) in [6, 6.07) is 2.29. The van der Waals surface area contributed by atoms with Crippen LogP contribution in [-0.2, 0) is 16.4 Å². The average Bonchev–Trinajstić information content (AvgIpc) is 2.92. The van der Waals surface area contributed by atoms with Crippen molar-refractivity contribution in [3.05, 3.63) is 36.1 Å². The molecule has 0 atom stereocenters. The third-order valence-corrected chi connectivity index (χ3v) is 3.68. The van der Waals surface area contributed by atoms with Gasteiger partial charge in [0.05, 0.1) is 5.56 Å². The Morgan fingerprint density at radius 3 is 2.70 bits per heavy atom. The largest absolute Gasteiger partial charge is 0.478 e. The fraction of sp³-hybridized carbons (Fsp3) is 0.200. The van der Waals surface area contributed by atoms with E-state index in [2.05, 4.69) is 24.4 Å². The maximum absolute atomic E-state index is 11.9. The lowest BCUT2D eigenvalue weighted by Gasteiger charge is -2.04. The van der Waals surface area contributed by atoms with Crippen molar-refractivity contribution in [3.63, 3.8) is 0 Å². The number of nitrogens with one attached hydrogen (secondary N) is 1. The number of sulfonamides is 1. The Balaban J connectivity index is 2.00. The number of aromatic nitrogens is 3. The number of hydrogen-bond acceptors (Lipinski definition) is 7. The summed E-state index contributed by atoms with van der Waals surface area (Å²) in [4.78, 5) is 18.0. The molecule has 10 heteroatoms. The van der Waals surface area contributed by atoms with Crippen LogP contribution in [0.2, 0.25) is 0 Å². The van der Waals surface area contributed by atoms with E-state index in [0.717, 1.165) is 18.7 Å². The van der Waals surface area contributed by atoms with Gasteiger partial charge >= 0.3 is 5.97 Å². The maximum atomic E-state index is 11.9. The second kappa shape index (κ2) is 5.75. The van der Waals surface area contributed by atoms with Crippen LogP contribution in [0.25, 0.3) is 0 Å². The van der Waals surface area contributed by atoms with Gasteiger partial charge in [-0.15, -0.1) is 0 Å². The van der Waals surface area contributed by atoms with E-state index >= 15 is 0 Å². The van der Waals surface area contributed by atoms with Crippen LogP contribution >= 0.6 is 0 Å². The van der Waals surface area contributed by atoms with Gasteiger partial charge in [-0.1, -0.05) is 5.16 Å². The van der Waals surface area contributed by atoms with Crippen molar-refractivity contribution in [2.24, 2.45) is 0 Å². The number of aromatic carboxylic acids is 1. The van der Waals surface area contributed by atoms with Crippen LogP contribution < -0.4 is 4.72 Å². The number of pyridine rings is 1. The standard InChI is InChI=1S/C10H10N4O5S/c15-10(16)7-1-2-9(11-5-7)20(17,18)13-4-3-8-12-6-19-14-8/h1-2,5-6,13H,3-4H2,(H,15,16).